The number of carbonyl (C=O) groups is 1. The number of hydrogen-bond donors (Lipinski definition) is 1. The Labute approximate surface area is 100 Å². The molecule has 2 aromatic rings. The lowest BCUT2D eigenvalue weighted by Gasteiger charge is -2.27. The molecule has 0 saturated heterocycles. The maximum absolute atomic E-state index is 10.8. The second kappa shape index (κ2) is 4.00. The van der Waals surface area contributed by atoms with Crippen LogP contribution in [-0.4, -0.2) is 29.3 Å². The fourth-order valence-corrected chi connectivity index (χ4v) is 2.61. The van der Waals surface area contributed by atoms with E-state index in [9.17, 15) is 4.79 Å². The highest BCUT2D eigenvalue weighted by molar-refractivity contribution is 5.88. The van der Waals surface area contributed by atoms with Gasteiger partial charge in [0.25, 0.3) is 0 Å². The first-order valence-corrected chi connectivity index (χ1v) is 6.12. The number of nitrogens with zero attached hydrogens (tertiary/aromatic N) is 1. The van der Waals surface area contributed by atoms with Gasteiger partial charge in [-0.05, 0) is 42.3 Å². The van der Waals surface area contributed by atoms with Gasteiger partial charge in [-0.3, -0.25) is 9.69 Å². The lowest BCUT2D eigenvalue weighted by molar-refractivity contribution is 0.112. The van der Waals surface area contributed by atoms with Crippen molar-refractivity contribution in [2.24, 2.45) is 0 Å². The SMILES string of the molecule is CCN1CCc2cc3[nH]c(C=O)cc3cc2C1. The van der Waals surface area contributed by atoms with Crippen molar-refractivity contribution in [2.75, 3.05) is 13.1 Å². The molecule has 0 atom stereocenters. The summed E-state index contributed by atoms with van der Waals surface area (Å²) in [5.74, 6) is 0. The Morgan fingerprint density at radius 2 is 2.24 bits per heavy atom. The topological polar surface area (TPSA) is 36.1 Å². The van der Waals surface area contributed by atoms with Gasteiger partial charge in [0.05, 0.1) is 5.69 Å². The number of benzene rings is 1. The molecule has 0 bridgehead atoms. The van der Waals surface area contributed by atoms with E-state index in [1.165, 1.54) is 11.1 Å². The molecule has 0 saturated carbocycles. The van der Waals surface area contributed by atoms with Gasteiger partial charge in [-0.2, -0.15) is 0 Å². The molecule has 2 heterocycles. The molecule has 0 aliphatic carbocycles. The lowest BCUT2D eigenvalue weighted by atomic mass is 9.98. The number of carbonyl (C=O) groups excluding carboxylic acids is 1. The smallest absolute Gasteiger partial charge is 0.166 e. The standard InChI is InChI=1S/C14H16N2O/c1-2-16-4-3-10-7-14-11(5-12(10)8-16)6-13(9-17)15-14/h5-7,9,15H,2-4,8H2,1H3. The number of aromatic nitrogens is 1. The Kier molecular flexibility index (Phi) is 2.48. The van der Waals surface area contributed by atoms with E-state index in [1.807, 2.05) is 6.07 Å². The van der Waals surface area contributed by atoms with Crippen molar-refractivity contribution < 1.29 is 4.79 Å². The van der Waals surface area contributed by atoms with E-state index in [0.29, 0.717) is 5.69 Å². The summed E-state index contributed by atoms with van der Waals surface area (Å²) < 4.78 is 0. The third kappa shape index (κ3) is 1.76. The molecule has 1 aromatic heterocycles. The van der Waals surface area contributed by atoms with Gasteiger partial charge < -0.3 is 4.98 Å². The van der Waals surface area contributed by atoms with Crippen molar-refractivity contribution in [3.8, 4) is 0 Å². The van der Waals surface area contributed by atoms with Crippen LogP contribution in [0.1, 0.15) is 28.5 Å². The Bertz CT molecular complexity index is 571. The summed E-state index contributed by atoms with van der Waals surface area (Å²) in [6, 6.07) is 6.34. The summed E-state index contributed by atoms with van der Waals surface area (Å²) >= 11 is 0. The fraction of sp³-hybridized carbons (Fsp3) is 0.357. The largest absolute Gasteiger partial charge is 0.352 e. The van der Waals surface area contributed by atoms with Crippen LogP contribution in [0, 0.1) is 0 Å². The van der Waals surface area contributed by atoms with E-state index in [1.54, 1.807) is 0 Å². The normalized spacial score (nSPS) is 16.1. The molecule has 1 aliphatic heterocycles. The van der Waals surface area contributed by atoms with Crippen LogP contribution in [-0.2, 0) is 13.0 Å². The highest BCUT2D eigenvalue weighted by atomic mass is 16.1. The summed E-state index contributed by atoms with van der Waals surface area (Å²) in [5.41, 5.74) is 4.56. The summed E-state index contributed by atoms with van der Waals surface area (Å²) in [6.45, 7) is 5.47. The average Bonchev–Trinajstić information content (AvgIpc) is 2.77. The van der Waals surface area contributed by atoms with Crippen LogP contribution in [0.3, 0.4) is 0 Å². The van der Waals surface area contributed by atoms with Crippen molar-refractivity contribution in [3.05, 3.63) is 35.0 Å². The molecule has 0 spiro atoms. The maximum atomic E-state index is 10.8. The maximum Gasteiger partial charge on any atom is 0.166 e. The number of H-pyrrole nitrogens is 1. The van der Waals surface area contributed by atoms with E-state index >= 15 is 0 Å². The van der Waals surface area contributed by atoms with Crippen molar-refractivity contribution in [1.29, 1.82) is 0 Å². The molecule has 1 N–H and O–H groups in total. The molecule has 3 heteroatoms. The summed E-state index contributed by atoms with van der Waals surface area (Å²) in [4.78, 5) is 16.3. The molecule has 3 nitrogen and oxygen atoms in total. The van der Waals surface area contributed by atoms with Crippen LogP contribution in [0.5, 0.6) is 0 Å². The quantitative estimate of drug-likeness (QED) is 0.801. The van der Waals surface area contributed by atoms with E-state index in [-0.39, 0.29) is 0 Å². The van der Waals surface area contributed by atoms with E-state index in [2.05, 4.69) is 28.9 Å². The van der Waals surface area contributed by atoms with Crippen molar-refractivity contribution >= 4 is 17.2 Å². The minimum Gasteiger partial charge on any atom is -0.352 e. The van der Waals surface area contributed by atoms with Gasteiger partial charge in [0.15, 0.2) is 6.29 Å². The van der Waals surface area contributed by atoms with Gasteiger partial charge in [0.2, 0.25) is 0 Å². The number of aldehydes is 1. The Morgan fingerprint density at radius 3 is 3.00 bits per heavy atom. The monoisotopic (exact) mass is 228 g/mol. The van der Waals surface area contributed by atoms with Crippen LogP contribution >= 0.6 is 0 Å². The van der Waals surface area contributed by atoms with E-state index < -0.39 is 0 Å². The molecule has 0 radical (unpaired) electrons. The molecule has 0 fully saturated rings. The first-order valence-electron chi connectivity index (χ1n) is 6.12. The Balaban J connectivity index is 2.08. The highest BCUT2D eigenvalue weighted by Gasteiger charge is 2.16. The van der Waals surface area contributed by atoms with Gasteiger partial charge in [-0.15, -0.1) is 0 Å². The van der Waals surface area contributed by atoms with Gasteiger partial charge in [0.1, 0.15) is 0 Å². The molecular formula is C14H16N2O. The zero-order chi connectivity index (χ0) is 11.8. The number of likely N-dealkylation sites (N-methyl/N-ethyl adjacent to an activating group) is 1. The fourth-order valence-electron chi connectivity index (χ4n) is 2.61. The molecule has 17 heavy (non-hydrogen) atoms. The third-order valence-corrected chi connectivity index (χ3v) is 3.63. The Morgan fingerprint density at radius 1 is 1.35 bits per heavy atom. The molecule has 1 aromatic carbocycles. The van der Waals surface area contributed by atoms with Crippen LogP contribution in [0.15, 0.2) is 18.2 Å². The third-order valence-electron chi connectivity index (χ3n) is 3.63. The van der Waals surface area contributed by atoms with Crippen LogP contribution in [0.4, 0.5) is 0 Å². The molecule has 0 amide bonds. The van der Waals surface area contributed by atoms with E-state index in [4.69, 9.17) is 0 Å². The average molecular weight is 228 g/mol. The summed E-state index contributed by atoms with van der Waals surface area (Å²) in [7, 11) is 0. The van der Waals surface area contributed by atoms with Crippen LogP contribution < -0.4 is 0 Å². The minimum atomic E-state index is 0.662. The second-order valence-electron chi connectivity index (χ2n) is 4.67. The van der Waals surface area contributed by atoms with Crippen LogP contribution in [0.2, 0.25) is 0 Å². The first kappa shape index (κ1) is 10.5. The van der Waals surface area contributed by atoms with Crippen molar-refractivity contribution in [1.82, 2.24) is 9.88 Å². The number of nitrogens with one attached hydrogen (secondary N) is 1. The summed E-state index contributed by atoms with van der Waals surface area (Å²) in [6.07, 6.45) is 1.98. The highest BCUT2D eigenvalue weighted by Crippen LogP contribution is 2.25. The van der Waals surface area contributed by atoms with Gasteiger partial charge >= 0.3 is 0 Å². The van der Waals surface area contributed by atoms with Crippen molar-refractivity contribution in [2.45, 2.75) is 19.9 Å². The molecule has 88 valence electrons. The molecule has 1 aliphatic rings. The lowest BCUT2D eigenvalue weighted by Crippen LogP contribution is -2.30. The van der Waals surface area contributed by atoms with Crippen molar-refractivity contribution in [3.63, 3.8) is 0 Å². The first-order chi connectivity index (χ1) is 8.30. The Hall–Kier alpha value is -1.61. The zero-order valence-corrected chi connectivity index (χ0v) is 9.99. The van der Waals surface area contributed by atoms with Gasteiger partial charge in [-0.1, -0.05) is 6.92 Å². The van der Waals surface area contributed by atoms with E-state index in [0.717, 1.165) is 43.2 Å². The number of rotatable bonds is 2. The minimum absolute atomic E-state index is 0.662. The van der Waals surface area contributed by atoms with Gasteiger partial charge in [-0.25, -0.2) is 0 Å². The zero-order valence-electron chi connectivity index (χ0n) is 9.99. The molecule has 0 unspecified atom stereocenters. The summed E-state index contributed by atoms with van der Waals surface area (Å²) in [5, 5.41) is 1.14. The number of fused-ring (bicyclic) bond motifs is 2. The molecular weight excluding hydrogens is 212 g/mol. The second-order valence-corrected chi connectivity index (χ2v) is 4.67. The number of aromatic amines is 1. The predicted molar refractivity (Wildman–Crippen MR) is 68.3 cm³/mol. The number of hydrogen-bond acceptors (Lipinski definition) is 2. The molecule has 3 rings (SSSR count). The predicted octanol–water partition coefficient (Wildman–Crippen LogP) is 2.36. The van der Waals surface area contributed by atoms with Gasteiger partial charge in [0, 0.05) is 24.0 Å². The van der Waals surface area contributed by atoms with Crippen LogP contribution in [0.25, 0.3) is 10.9 Å².